The molecule has 3 aromatic heterocycles. The van der Waals surface area contributed by atoms with E-state index in [1.54, 1.807) is 0 Å². The van der Waals surface area contributed by atoms with Crippen molar-refractivity contribution in [1.82, 2.24) is 29.6 Å². The SMILES string of the molecule is CC(=O)N(c1nn(C)c2c(-n3c([C@H](Cc4cc(F)cc(F)c4)NC(=O)O)nc4nc(OCC(F)(F)C(F)(F)C(F)(F)C(F)(F)F)ccc4c3=O)ccc(Cl)c12)S(C)(=O)=O. The average Bonchev–Trinajstić information content (AvgIpc) is 3.42. The van der Waals surface area contributed by atoms with Crippen LogP contribution in [0.3, 0.4) is 0 Å². The number of ether oxygens (including phenoxy) is 1. The molecule has 318 valence electrons. The average molecular weight is 894 g/mol. The van der Waals surface area contributed by atoms with Crippen molar-refractivity contribution < 1.29 is 76.1 Å². The van der Waals surface area contributed by atoms with E-state index in [1.165, 1.54) is 7.05 Å². The molecule has 0 unspecified atom stereocenters. The van der Waals surface area contributed by atoms with Crippen molar-refractivity contribution in [3.05, 3.63) is 80.9 Å². The maximum Gasteiger partial charge on any atom is 0.460 e. The third kappa shape index (κ3) is 8.13. The van der Waals surface area contributed by atoms with Gasteiger partial charge in [0, 0.05) is 32.5 Å². The molecule has 59 heavy (non-hydrogen) atoms. The number of anilines is 1. The number of halogens is 12. The van der Waals surface area contributed by atoms with Crippen molar-refractivity contribution in [3.63, 3.8) is 0 Å². The van der Waals surface area contributed by atoms with E-state index < -0.39 is 111 Å². The third-order valence-electron chi connectivity index (χ3n) is 8.26. The first-order valence-corrected chi connectivity index (χ1v) is 18.1. The molecule has 27 heteroatoms. The summed E-state index contributed by atoms with van der Waals surface area (Å²) in [5.41, 5.74) is -2.96. The molecular formula is C32H23ClF11N7O7S. The van der Waals surface area contributed by atoms with Crippen molar-refractivity contribution in [2.75, 3.05) is 17.2 Å². The van der Waals surface area contributed by atoms with Crippen LogP contribution in [0.2, 0.25) is 5.02 Å². The Morgan fingerprint density at radius 1 is 0.966 bits per heavy atom. The second-order valence-corrected chi connectivity index (χ2v) is 14.8. The molecule has 0 saturated carbocycles. The van der Waals surface area contributed by atoms with Gasteiger partial charge in [-0.3, -0.25) is 18.8 Å². The lowest BCUT2D eigenvalue weighted by molar-refractivity contribution is -0.398. The Labute approximate surface area is 326 Å². The minimum Gasteiger partial charge on any atom is -0.471 e. The highest BCUT2D eigenvalue weighted by atomic mass is 35.5. The summed E-state index contributed by atoms with van der Waals surface area (Å²) in [5, 5.41) is 14.7. The van der Waals surface area contributed by atoms with E-state index in [0.717, 1.165) is 35.9 Å². The molecule has 0 radical (unpaired) electrons. The molecule has 5 aromatic rings. The van der Waals surface area contributed by atoms with Crippen LogP contribution in [0, 0.1) is 11.6 Å². The van der Waals surface area contributed by atoms with E-state index >= 15 is 0 Å². The van der Waals surface area contributed by atoms with Crippen molar-refractivity contribution in [2.24, 2.45) is 7.05 Å². The topological polar surface area (TPSA) is 179 Å². The van der Waals surface area contributed by atoms with Gasteiger partial charge in [-0.15, -0.1) is 0 Å². The van der Waals surface area contributed by atoms with E-state index in [9.17, 15) is 76.2 Å². The van der Waals surface area contributed by atoms with Gasteiger partial charge in [0.05, 0.1) is 39.3 Å². The van der Waals surface area contributed by atoms with Crippen LogP contribution in [0.4, 0.5) is 58.9 Å². The van der Waals surface area contributed by atoms with Crippen LogP contribution in [0.5, 0.6) is 5.88 Å². The molecule has 3 heterocycles. The van der Waals surface area contributed by atoms with Crippen LogP contribution in [0.15, 0.2) is 47.3 Å². The monoisotopic (exact) mass is 893 g/mol. The molecule has 2 N–H and O–H groups in total. The molecule has 0 bridgehead atoms. The number of nitrogens with zero attached hydrogens (tertiary/aromatic N) is 6. The smallest absolute Gasteiger partial charge is 0.460 e. The van der Waals surface area contributed by atoms with Crippen LogP contribution >= 0.6 is 11.6 Å². The number of aryl methyl sites for hydroxylation is 1. The number of alkyl halides is 9. The Morgan fingerprint density at radius 3 is 2.12 bits per heavy atom. The van der Waals surface area contributed by atoms with Crippen molar-refractivity contribution >= 4 is 61.4 Å². The number of carboxylic acid groups (broad SMARTS) is 1. The number of hydrogen-bond acceptors (Lipinski definition) is 9. The number of sulfonamides is 1. The van der Waals surface area contributed by atoms with Crippen LogP contribution in [-0.2, 0) is 28.3 Å². The number of pyridine rings is 1. The van der Waals surface area contributed by atoms with Gasteiger partial charge in [0.1, 0.15) is 17.5 Å². The highest BCUT2D eigenvalue weighted by Crippen LogP contribution is 2.53. The molecular weight excluding hydrogens is 871 g/mol. The fraction of sp³-hybridized carbons (Fsp3) is 0.312. The highest BCUT2D eigenvalue weighted by Gasteiger charge is 2.82. The molecule has 0 aliphatic heterocycles. The van der Waals surface area contributed by atoms with Gasteiger partial charge < -0.3 is 15.2 Å². The van der Waals surface area contributed by atoms with Crippen LogP contribution < -0.4 is 19.9 Å². The van der Waals surface area contributed by atoms with Crippen LogP contribution in [-0.4, -0.2) is 86.6 Å². The van der Waals surface area contributed by atoms with Gasteiger partial charge in [-0.05, 0) is 35.9 Å². The van der Waals surface area contributed by atoms with E-state index in [2.05, 4.69) is 19.8 Å². The fourth-order valence-corrected chi connectivity index (χ4v) is 6.94. The molecule has 0 spiro atoms. The number of amides is 2. The summed E-state index contributed by atoms with van der Waals surface area (Å²) in [6.45, 7) is -1.96. The van der Waals surface area contributed by atoms with Crippen molar-refractivity contribution in [3.8, 4) is 11.6 Å². The van der Waals surface area contributed by atoms with Crippen molar-refractivity contribution in [2.45, 2.75) is 43.3 Å². The van der Waals surface area contributed by atoms with Crippen LogP contribution in [0.25, 0.3) is 27.6 Å². The zero-order valence-corrected chi connectivity index (χ0v) is 31.1. The molecule has 0 saturated heterocycles. The fourth-order valence-electron chi connectivity index (χ4n) is 5.80. The molecule has 5 rings (SSSR count). The Hall–Kier alpha value is -5.79. The summed E-state index contributed by atoms with van der Waals surface area (Å²) in [6.07, 6.45) is -9.03. The number of hydrogen-bond donors (Lipinski definition) is 2. The summed E-state index contributed by atoms with van der Waals surface area (Å²) in [7, 11) is -3.20. The summed E-state index contributed by atoms with van der Waals surface area (Å²) < 4.78 is 181. The van der Waals surface area contributed by atoms with E-state index in [0.29, 0.717) is 29.0 Å². The number of rotatable bonds is 12. The number of nitrogens with one attached hydrogen (secondary N) is 1. The van der Waals surface area contributed by atoms with Gasteiger partial charge in [0.15, 0.2) is 18.1 Å². The third-order valence-corrected chi connectivity index (χ3v) is 9.67. The second kappa shape index (κ2) is 15.1. The summed E-state index contributed by atoms with van der Waals surface area (Å²) in [6, 6.07) is 3.60. The molecule has 0 aliphatic rings. The predicted octanol–water partition coefficient (Wildman–Crippen LogP) is 6.31. The summed E-state index contributed by atoms with van der Waals surface area (Å²) >= 11 is 6.46. The second-order valence-electron chi connectivity index (χ2n) is 12.5. The highest BCUT2D eigenvalue weighted by molar-refractivity contribution is 7.92. The van der Waals surface area contributed by atoms with E-state index in [1.807, 2.05) is 5.32 Å². The Kier molecular flexibility index (Phi) is 11.3. The molecule has 1 atom stereocenters. The van der Waals surface area contributed by atoms with Gasteiger partial charge in [-0.1, -0.05) is 11.6 Å². The zero-order chi connectivity index (χ0) is 44.4. The minimum atomic E-state index is -7.24. The van der Waals surface area contributed by atoms with Gasteiger partial charge in [0.2, 0.25) is 21.8 Å². The normalized spacial score (nSPS) is 13.5. The quantitative estimate of drug-likeness (QED) is 0.135. The van der Waals surface area contributed by atoms with Crippen LogP contribution in [0.1, 0.15) is 24.4 Å². The Balaban J connectivity index is 1.79. The zero-order valence-electron chi connectivity index (χ0n) is 29.6. The number of carbonyl (C=O) groups excluding carboxylic acids is 1. The molecule has 0 fully saturated rings. The number of fused-ring (bicyclic) bond motifs is 2. The maximum absolute atomic E-state index is 14.4. The number of aromatic nitrogens is 5. The first kappa shape index (κ1) is 44.3. The standard InChI is InChI=1S/C32H23ClF11N7O7S/c1-13(52)51(59(3,56)57)26-22-18(33)5-6-20(23(22)49(2)48-26)50-25(19(45-28(54)55)10-14-8-15(34)11-16(35)9-14)47-24-17(27(50)53)4-7-21(46-24)58-12-29(36,37)30(38,39)31(40,41)32(42,43)44/h4-9,11,19,45H,10,12H2,1-3H3,(H,54,55)/t19-/m0/s1. The molecule has 2 aromatic carbocycles. The largest absolute Gasteiger partial charge is 0.471 e. The minimum absolute atomic E-state index is 0.232. The number of carbonyl (C=O) groups is 2. The lowest BCUT2D eigenvalue weighted by Gasteiger charge is -2.33. The first-order valence-electron chi connectivity index (χ1n) is 15.9. The number of benzene rings is 2. The molecule has 14 nitrogen and oxygen atoms in total. The van der Waals surface area contributed by atoms with Gasteiger partial charge >= 0.3 is 30.0 Å². The predicted molar refractivity (Wildman–Crippen MR) is 183 cm³/mol. The van der Waals surface area contributed by atoms with E-state index in [-0.39, 0.29) is 31.5 Å². The molecule has 0 aliphatic carbocycles. The first-order chi connectivity index (χ1) is 27.0. The Bertz CT molecular complexity index is 2670. The summed E-state index contributed by atoms with van der Waals surface area (Å²) in [5.74, 6) is -26.4. The van der Waals surface area contributed by atoms with E-state index in [4.69, 9.17) is 11.6 Å². The van der Waals surface area contributed by atoms with Crippen molar-refractivity contribution in [1.29, 1.82) is 0 Å². The van der Waals surface area contributed by atoms with Gasteiger partial charge in [0.25, 0.3) is 5.56 Å². The Morgan fingerprint density at radius 2 is 1.58 bits per heavy atom. The van der Waals surface area contributed by atoms with Gasteiger partial charge in [-0.25, -0.2) is 27.0 Å². The molecule has 2 amide bonds. The lowest BCUT2D eigenvalue weighted by atomic mass is 10.0. The lowest BCUT2D eigenvalue weighted by Crippen LogP contribution is -2.62. The summed E-state index contributed by atoms with van der Waals surface area (Å²) in [4.78, 5) is 46.8. The van der Waals surface area contributed by atoms with Gasteiger partial charge in [-0.2, -0.15) is 53.9 Å². The maximum atomic E-state index is 14.4.